The van der Waals surface area contributed by atoms with Gasteiger partial charge in [0, 0.05) is 25.1 Å². The zero-order chi connectivity index (χ0) is 18.4. The number of aromatic amines is 2. The summed E-state index contributed by atoms with van der Waals surface area (Å²) in [5.41, 5.74) is -1.32. The number of benzene rings is 2. The zero-order valence-corrected chi connectivity index (χ0v) is 13.8. The number of H-pyrrole nitrogens is 2. The molecular weight excluding hydrogens is 336 g/mol. The Kier molecular flexibility index (Phi) is 3.47. The standard InChI is InChI=1S/C18H14N4O4/c1-19-10-4-2-3-9(7-10)8-22-17(25)11-12(18(22)26)16(24)14-13(15(11)23)20-5-6-21-14/h2-7,19-21H,8H2,1H3. The highest BCUT2D eigenvalue weighted by Crippen LogP contribution is 2.11. The third kappa shape index (κ3) is 2.16. The number of rotatable bonds is 3. The summed E-state index contributed by atoms with van der Waals surface area (Å²) in [5, 5.41) is 2.24. The number of anilines is 1. The zero-order valence-electron chi connectivity index (χ0n) is 13.8. The maximum Gasteiger partial charge on any atom is 0.266 e. The lowest BCUT2D eigenvalue weighted by molar-refractivity contribution is 0.754. The van der Waals surface area contributed by atoms with Gasteiger partial charge in [-0.05, 0) is 17.7 Å². The van der Waals surface area contributed by atoms with Crippen LogP contribution in [0.15, 0.2) is 55.8 Å². The van der Waals surface area contributed by atoms with E-state index in [-0.39, 0.29) is 28.4 Å². The topological polar surface area (TPSA) is 117 Å². The quantitative estimate of drug-likeness (QED) is 0.495. The Morgan fingerprint density at radius 2 is 1.50 bits per heavy atom. The summed E-state index contributed by atoms with van der Waals surface area (Å²) in [4.78, 5) is 56.0. The van der Waals surface area contributed by atoms with E-state index in [1.807, 2.05) is 6.07 Å². The molecule has 2 heterocycles. The summed E-state index contributed by atoms with van der Waals surface area (Å²) in [6, 6.07) is 7.18. The molecule has 0 aliphatic carbocycles. The molecule has 0 aliphatic rings. The summed E-state index contributed by atoms with van der Waals surface area (Å²) in [7, 11) is 1.76. The van der Waals surface area contributed by atoms with Gasteiger partial charge in [-0.3, -0.25) is 23.7 Å². The first-order chi connectivity index (χ1) is 12.5. The third-order valence-corrected chi connectivity index (χ3v) is 4.42. The summed E-state index contributed by atoms with van der Waals surface area (Å²) in [5.74, 6) is 0. The minimum Gasteiger partial charge on any atom is -0.388 e. The smallest absolute Gasteiger partial charge is 0.266 e. The van der Waals surface area contributed by atoms with Crippen LogP contribution in [0.3, 0.4) is 0 Å². The molecule has 3 N–H and O–H groups in total. The van der Waals surface area contributed by atoms with E-state index in [1.54, 1.807) is 25.2 Å². The molecule has 0 bridgehead atoms. The fourth-order valence-electron chi connectivity index (χ4n) is 3.15. The average molecular weight is 350 g/mol. The van der Waals surface area contributed by atoms with Gasteiger partial charge in [0.25, 0.3) is 11.1 Å². The van der Waals surface area contributed by atoms with Gasteiger partial charge in [-0.2, -0.15) is 0 Å². The van der Waals surface area contributed by atoms with Gasteiger partial charge in [0.1, 0.15) is 21.8 Å². The normalized spacial score (nSPS) is 11.3. The molecule has 2 aromatic carbocycles. The highest BCUT2D eigenvalue weighted by atomic mass is 16.2. The number of fused-ring (bicyclic) bond motifs is 2. The molecule has 2 aromatic heterocycles. The van der Waals surface area contributed by atoms with E-state index >= 15 is 0 Å². The second kappa shape index (κ2) is 5.69. The number of hydrogen-bond acceptors (Lipinski definition) is 5. The van der Waals surface area contributed by atoms with E-state index < -0.39 is 22.0 Å². The molecule has 0 saturated heterocycles. The molecule has 0 atom stereocenters. The third-order valence-electron chi connectivity index (χ3n) is 4.42. The minimum atomic E-state index is -0.749. The Morgan fingerprint density at radius 3 is 2.04 bits per heavy atom. The van der Waals surface area contributed by atoms with Crippen molar-refractivity contribution in [1.82, 2.24) is 14.5 Å². The lowest BCUT2D eigenvalue weighted by Crippen LogP contribution is -2.27. The van der Waals surface area contributed by atoms with Gasteiger partial charge in [0.2, 0.25) is 10.9 Å². The first-order valence-electron chi connectivity index (χ1n) is 7.92. The fourth-order valence-corrected chi connectivity index (χ4v) is 3.15. The van der Waals surface area contributed by atoms with Crippen molar-refractivity contribution in [3.05, 3.63) is 83.4 Å². The first kappa shape index (κ1) is 15.8. The molecule has 26 heavy (non-hydrogen) atoms. The van der Waals surface area contributed by atoms with Gasteiger partial charge in [-0.1, -0.05) is 12.1 Å². The first-order valence-corrected chi connectivity index (χ1v) is 7.92. The van der Waals surface area contributed by atoms with Crippen LogP contribution in [0.25, 0.3) is 21.8 Å². The monoisotopic (exact) mass is 350 g/mol. The molecular formula is C18H14N4O4. The number of nitrogens with zero attached hydrogens (tertiary/aromatic N) is 1. The molecule has 4 aromatic rings. The highest BCUT2D eigenvalue weighted by Gasteiger charge is 2.22. The van der Waals surface area contributed by atoms with Gasteiger partial charge in [0.15, 0.2) is 0 Å². The van der Waals surface area contributed by atoms with Crippen molar-refractivity contribution in [3.63, 3.8) is 0 Å². The number of nitrogens with one attached hydrogen (secondary N) is 3. The van der Waals surface area contributed by atoms with Gasteiger partial charge in [0.05, 0.1) is 6.54 Å². The van der Waals surface area contributed by atoms with Crippen LogP contribution in [-0.4, -0.2) is 21.6 Å². The van der Waals surface area contributed by atoms with E-state index in [4.69, 9.17) is 0 Å². The Bertz CT molecular complexity index is 1300. The lowest BCUT2D eigenvalue weighted by atomic mass is 10.1. The van der Waals surface area contributed by atoms with Crippen molar-refractivity contribution in [2.24, 2.45) is 0 Å². The summed E-state index contributed by atoms with van der Waals surface area (Å²) in [6.45, 7) is -0.0233. The summed E-state index contributed by atoms with van der Waals surface area (Å²) < 4.78 is 0.932. The molecule has 0 spiro atoms. The SMILES string of the molecule is CNc1cccc(Cn2c(=O)c3c(=O)c4[nH]cc[nH]c4c(=O)c3c2=O)c1. The molecule has 0 saturated carbocycles. The van der Waals surface area contributed by atoms with Crippen LogP contribution < -0.4 is 27.3 Å². The number of hydrogen-bond donors (Lipinski definition) is 3. The Labute approximate surface area is 145 Å². The van der Waals surface area contributed by atoms with E-state index in [0.29, 0.717) is 5.56 Å². The van der Waals surface area contributed by atoms with Crippen LogP contribution in [0, 0.1) is 0 Å². The van der Waals surface area contributed by atoms with Crippen molar-refractivity contribution < 1.29 is 0 Å². The molecule has 4 rings (SSSR count). The van der Waals surface area contributed by atoms with Crippen LogP contribution in [0.5, 0.6) is 0 Å². The minimum absolute atomic E-state index is 0.0172. The van der Waals surface area contributed by atoms with Crippen LogP contribution in [0.4, 0.5) is 5.69 Å². The second-order valence-electron chi connectivity index (χ2n) is 5.93. The second-order valence-corrected chi connectivity index (χ2v) is 5.93. The summed E-state index contributed by atoms with van der Waals surface area (Å²) >= 11 is 0. The predicted molar refractivity (Wildman–Crippen MR) is 99.5 cm³/mol. The van der Waals surface area contributed by atoms with Crippen LogP contribution in [0.2, 0.25) is 0 Å². The fraction of sp³-hybridized carbons (Fsp3) is 0.111. The van der Waals surface area contributed by atoms with Crippen LogP contribution in [0.1, 0.15) is 5.56 Å². The maximum absolute atomic E-state index is 12.7. The highest BCUT2D eigenvalue weighted by molar-refractivity contribution is 5.94. The van der Waals surface area contributed by atoms with Crippen LogP contribution in [-0.2, 0) is 6.54 Å². The van der Waals surface area contributed by atoms with Crippen molar-refractivity contribution in [2.45, 2.75) is 6.54 Å². The van der Waals surface area contributed by atoms with Gasteiger partial charge in [-0.25, -0.2) is 0 Å². The van der Waals surface area contributed by atoms with E-state index in [0.717, 1.165) is 10.3 Å². The van der Waals surface area contributed by atoms with Crippen molar-refractivity contribution in [1.29, 1.82) is 0 Å². The van der Waals surface area contributed by atoms with Crippen molar-refractivity contribution in [3.8, 4) is 0 Å². The van der Waals surface area contributed by atoms with Gasteiger partial charge < -0.3 is 15.3 Å². The summed E-state index contributed by atoms with van der Waals surface area (Å²) in [6.07, 6.45) is 2.88. The molecule has 8 heteroatoms. The Balaban J connectivity index is 2.05. The predicted octanol–water partition coefficient (Wildman–Crippen LogP) is 0.419. The van der Waals surface area contributed by atoms with Gasteiger partial charge >= 0.3 is 0 Å². The molecule has 0 amide bonds. The molecule has 8 nitrogen and oxygen atoms in total. The molecule has 0 aliphatic heterocycles. The maximum atomic E-state index is 12.7. The Morgan fingerprint density at radius 1 is 0.923 bits per heavy atom. The molecule has 0 unspecified atom stereocenters. The molecule has 0 radical (unpaired) electrons. The van der Waals surface area contributed by atoms with Crippen molar-refractivity contribution >= 4 is 27.5 Å². The Hall–Kier alpha value is -3.68. The van der Waals surface area contributed by atoms with Crippen molar-refractivity contribution in [2.75, 3.05) is 12.4 Å². The lowest BCUT2D eigenvalue weighted by Gasteiger charge is -2.04. The molecule has 0 fully saturated rings. The number of aromatic nitrogens is 3. The van der Waals surface area contributed by atoms with E-state index in [2.05, 4.69) is 15.3 Å². The van der Waals surface area contributed by atoms with E-state index in [1.165, 1.54) is 12.4 Å². The average Bonchev–Trinajstić information content (AvgIpc) is 2.91. The van der Waals surface area contributed by atoms with Gasteiger partial charge in [-0.15, -0.1) is 0 Å². The largest absolute Gasteiger partial charge is 0.388 e. The molecule has 130 valence electrons. The van der Waals surface area contributed by atoms with Crippen LogP contribution >= 0.6 is 0 Å². The van der Waals surface area contributed by atoms with E-state index in [9.17, 15) is 19.2 Å².